The van der Waals surface area contributed by atoms with E-state index >= 15 is 0 Å². The fourth-order valence-corrected chi connectivity index (χ4v) is 3.73. The van der Waals surface area contributed by atoms with E-state index in [-0.39, 0.29) is 17.0 Å². The van der Waals surface area contributed by atoms with Crippen LogP contribution in [-0.4, -0.2) is 26.7 Å². The van der Waals surface area contributed by atoms with Gasteiger partial charge in [0.2, 0.25) is 0 Å². The van der Waals surface area contributed by atoms with Gasteiger partial charge in [0.05, 0.1) is 35.4 Å². The molecular formula is C19H14ClF4N5O. The highest BCUT2D eigenvalue weighted by molar-refractivity contribution is 6.32. The summed E-state index contributed by atoms with van der Waals surface area (Å²) in [5.74, 6) is -0.949. The maximum absolute atomic E-state index is 13.4. The third-order valence-corrected chi connectivity index (χ3v) is 5.31. The van der Waals surface area contributed by atoms with Crippen LogP contribution in [0.2, 0.25) is 5.02 Å². The van der Waals surface area contributed by atoms with E-state index in [0.29, 0.717) is 42.7 Å². The van der Waals surface area contributed by atoms with E-state index in [0.717, 1.165) is 17.7 Å². The van der Waals surface area contributed by atoms with Crippen LogP contribution < -0.4 is 10.5 Å². The van der Waals surface area contributed by atoms with Crippen LogP contribution in [0.3, 0.4) is 0 Å². The third kappa shape index (κ3) is 3.87. The van der Waals surface area contributed by atoms with Crippen molar-refractivity contribution < 1.29 is 17.6 Å². The quantitative estimate of drug-likeness (QED) is 0.632. The maximum atomic E-state index is 13.4. The van der Waals surface area contributed by atoms with Gasteiger partial charge in [0.15, 0.2) is 0 Å². The molecule has 1 aromatic carbocycles. The Labute approximate surface area is 172 Å². The van der Waals surface area contributed by atoms with Gasteiger partial charge < -0.3 is 4.90 Å². The molecule has 0 unspecified atom stereocenters. The van der Waals surface area contributed by atoms with Crippen molar-refractivity contribution in [3.05, 3.63) is 80.0 Å². The Bertz CT molecular complexity index is 1160. The summed E-state index contributed by atoms with van der Waals surface area (Å²) >= 11 is 6.07. The third-order valence-electron chi connectivity index (χ3n) is 4.95. The first-order valence-corrected chi connectivity index (χ1v) is 9.27. The number of nitrogens with one attached hydrogen (secondary N) is 1. The molecule has 0 atom stereocenters. The number of anilines is 1. The largest absolute Gasteiger partial charge is 0.416 e. The van der Waals surface area contributed by atoms with E-state index in [1.165, 1.54) is 12.5 Å². The number of alkyl halides is 3. The summed E-state index contributed by atoms with van der Waals surface area (Å²) in [5.41, 5.74) is 0.663. The molecule has 0 amide bonds. The van der Waals surface area contributed by atoms with Crippen LogP contribution in [-0.2, 0) is 25.6 Å². The van der Waals surface area contributed by atoms with E-state index in [4.69, 9.17) is 11.6 Å². The van der Waals surface area contributed by atoms with Gasteiger partial charge in [-0.15, -0.1) is 0 Å². The highest BCUT2D eigenvalue weighted by atomic mass is 35.5. The van der Waals surface area contributed by atoms with Gasteiger partial charge in [-0.2, -0.15) is 18.3 Å². The van der Waals surface area contributed by atoms with Gasteiger partial charge >= 0.3 is 6.18 Å². The molecule has 6 nitrogen and oxygen atoms in total. The van der Waals surface area contributed by atoms with E-state index in [9.17, 15) is 22.4 Å². The number of nitrogens with zero attached hydrogens (tertiary/aromatic N) is 4. The van der Waals surface area contributed by atoms with E-state index in [1.807, 2.05) is 4.90 Å². The smallest absolute Gasteiger partial charge is 0.363 e. The lowest BCUT2D eigenvalue weighted by Crippen LogP contribution is -2.33. The zero-order chi connectivity index (χ0) is 21.5. The van der Waals surface area contributed by atoms with E-state index < -0.39 is 23.1 Å². The number of benzene rings is 1. The molecule has 3 aromatic rings. The summed E-state index contributed by atoms with van der Waals surface area (Å²) in [5, 5.41) is 6.01. The van der Waals surface area contributed by atoms with Crippen LogP contribution in [0, 0.1) is 5.82 Å². The van der Waals surface area contributed by atoms with E-state index in [1.54, 1.807) is 0 Å². The topological polar surface area (TPSA) is 74.8 Å². The molecule has 0 spiro atoms. The van der Waals surface area contributed by atoms with Gasteiger partial charge in [-0.25, -0.2) is 19.5 Å². The van der Waals surface area contributed by atoms with Gasteiger partial charge in [0.1, 0.15) is 17.2 Å². The minimum atomic E-state index is -4.68. The van der Waals surface area contributed by atoms with Gasteiger partial charge in [0.25, 0.3) is 5.56 Å². The first-order chi connectivity index (χ1) is 14.2. The minimum absolute atomic E-state index is 0.00357. The molecule has 1 aliphatic rings. The molecular weight excluding hydrogens is 426 g/mol. The van der Waals surface area contributed by atoms with Crippen LogP contribution in [0.5, 0.6) is 0 Å². The monoisotopic (exact) mass is 439 g/mol. The Morgan fingerprint density at radius 2 is 2.03 bits per heavy atom. The molecule has 11 heteroatoms. The zero-order valence-corrected chi connectivity index (χ0v) is 16.1. The average molecular weight is 440 g/mol. The Morgan fingerprint density at radius 1 is 1.23 bits per heavy atom. The fraction of sp³-hybridized carbons (Fsp3) is 0.263. The molecule has 4 rings (SSSR count). The first-order valence-electron chi connectivity index (χ1n) is 8.89. The molecule has 0 fully saturated rings. The van der Waals surface area contributed by atoms with Crippen molar-refractivity contribution in [1.29, 1.82) is 0 Å². The van der Waals surface area contributed by atoms with Crippen molar-refractivity contribution in [2.24, 2.45) is 0 Å². The average Bonchev–Trinajstić information content (AvgIpc) is 2.70. The Hall–Kier alpha value is -3.01. The molecule has 1 N–H and O–H groups in total. The minimum Gasteiger partial charge on any atom is -0.363 e. The summed E-state index contributed by atoms with van der Waals surface area (Å²) in [6.45, 7) is 0.749. The zero-order valence-electron chi connectivity index (χ0n) is 15.3. The number of rotatable bonds is 3. The van der Waals surface area contributed by atoms with Crippen LogP contribution in [0.4, 0.5) is 23.2 Å². The highest BCUT2D eigenvalue weighted by Crippen LogP contribution is 2.34. The van der Waals surface area contributed by atoms with Crippen molar-refractivity contribution in [2.45, 2.75) is 25.6 Å². The highest BCUT2D eigenvalue weighted by Gasteiger charge is 2.34. The number of hydrogen-bond acceptors (Lipinski definition) is 5. The lowest BCUT2D eigenvalue weighted by atomic mass is 9.96. The second-order valence-corrected chi connectivity index (χ2v) is 7.17. The molecule has 2 aromatic heterocycles. The molecule has 0 saturated heterocycles. The molecule has 0 saturated carbocycles. The Kier molecular flexibility index (Phi) is 5.19. The van der Waals surface area contributed by atoms with Crippen molar-refractivity contribution in [2.75, 3.05) is 11.4 Å². The van der Waals surface area contributed by atoms with Crippen LogP contribution in [0.15, 0.2) is 35.5 Å². The molecule has 3 heterocycles. The number of aromatic nitrogens is 4. The van der Waals surface area contributed by atoms with Crippen molar-refractivity contribution in [1.82, 2.24) is 20.2 Å². The predicted octanol–water partition coefficient (Wildman–Crippen LogP) is 3.52. The van der Waals surface area contributed by atoms with Crippen LogP contribution in [0.25, 0.3) is 0 Å². The SMILES string of the molecule is O=c1[nH]ncc(N2CCc3c(Cc4ccc(F)cc4C(F)(F)F)ncnc3C2)c1Cl. The normalized spacial score (nSPS) is 14.0. The number of hydrogen-bond donors (Lipinski definition) is 1. The molecule has 1 aliphatic heterocycles. The molecule has 0 aliphatic carbocycles. The molecule has 0 bridgehead atoms. The molecule has 0 radical (unpaired) electrons. The predicted molar refractivity (Wildman–Crippen MR) is 101 cm³/mol. The standard InChI is InChI=1S/C19H14ClF4N5O/c20-17-16(7-27-28-18(17)30)29-4-3-12-14(25-9-26-15(12)8-29)5-10-1-2-11(21)6-13(10)19(22,23)24/h1-2,6-7,9H,3-5,8H2,(H,28,30). The maximum Gasteiger partial charge on any atom is 0.416 e. The van der Waals surface area contributed by atoms with Gasteiger partial charge in [-0.1, -0.05) is 17.7 Å². The second kappa shape index (κ2) is 7.67. The Morgan fingerprint density at radius 3 is 2.80 bits per heavy atom. The lowest BCUT2D eigenvalue weighted by molar-refractivity contribution is -0.138. The summed E-state index contributed by atoms with van der Waals surface area (Å²) < 4.78 is 53.4. The van der Waals surface area contributed by atoms with Gasteiger partial charge in [0, 0.05) is 13.0 Å². The van der Waals surface area contributed by atoms with Crippen LogP contribution >= 0.6 is 11.6 Å². The summed E-state index contributed by atoms with van der Waals surface area (Å²) in [4.78, 5) is 22.0. The van der Waals surface area contributed by atoms with Gasteiger partial charge in [-0.05, 0) is 29.7 Å². The molecule has 156 valence electrons. The number of aromatic amines is 1. The van der Waals surface area contributed by atoms with Crippen molar-refractivity contribution in [3.8, 4) is 0 Å². The van der Waals surface area contributed by atoms with E-state index in [2.05, 4.69) is 20.2 Å². The lowest BCUT2D eigenvalue weighted by Gasteiger charge is -2.30. The molecule has 30 heavy (non-hydrogen) atoms. The van der Waals surface area contributed by atoms with Crippen LogP contribution in [0.1, 0.15) is 28.1 Å². The summed E-state index contributed by atoms with van der Waals surface area (Å²) in [6, 6.07) is 2.62. The van der Waals surface area contributed by atoms with Crippen molar-refractivity contribution in [3.63, 3.8) is 0 Å². The first kappa shape index (κ1) is 20.3. The Balaban J connectivity index is 1.66. The van der Waals surface area contributed by atoms with Crippen molar-refractivity contribution >= 4 is 17.3 Å². The number of halogens is 5. The summed E-state index contributed by atoms with van der Waals surface area (Å²) in [7, 11) is 0. The number of fused-ring (bicyclic) bond motifs is 1. The number of H-pyrrole nitrogens is 1. The second-order valence-electron chi connectivity index (χ2n) is 6.79. The summed E-state index contributed by atoms with van der Waals surface area (Å²) in [6.07, 6.45) is -1.62. The fourth-order valence-electron chi connectivity index (χ4n) is 3.52. The van der Waals surface area contributed by atoms with Gasteiger partial charge in [-0.3, -0.25) is 4.79 Å².